The fourth-order valence-electron chi connectivity index (χ4n) is 3.62. The van der Waals surface area contributed by atoms with Crippen LogP contribution in [0.4, 0.5) is 0 Å². The predicted octanol–water partition coefficient (Wildman–Crippen LogP) is 5.46. The first-order chi connectivity index (χ1) is 14.6. The van der Waals surface area contributed by atoms with Crippen molar-refractivity contribution >= 4 is 11.8 Å². The van der Waals surface area contributed by atoms with Crippen molar-refractivity contribution < 1.29 is 9.59 Å². The maximum atomic E-state index is 13.3. The van der Waals surface area contributed by atoms with Gasteiger partial charge in [-0.2, -0.15) is 0 Å². The second kappa shape index (κ2) is 11.1. The molecular weight excluding hydrogens is 384 g/mol. The van der Waals surface area contributed by atoms with Crippen LogP contribution in [-0.2, 0) is 22.6 Å². The molecule has 2 amide bonds. The van der Waals surface area contributed by atoms with E-state index >= 15 is 0 Å². The van der Waals surface area contributed by atoms with Crippen LogP contribution in [0.1, 0.15) is 77.0 Å². The molecule has 31 heavy (non-hydrogen) atoms. The maximum Gasteiger partial charge on any atom is 0.243 e. The highest BCUT2D eigenvalue weighted by Crippen LogP contribution is 2.18. The molecule has 168 valence electrons. The largest absolute Gasteiger partial charge is 0.350 e. The Balaban J connectivity index is 2.17. The lowest BCUT2D eigenvalue weighted by molar-refractivity contribution is -0.142. The lowest BCUT2D eigenvalue weighted by Crippen LogP contribution is -2.53. The highest BCUT2D eigenvalue weighted by Gasteiger charge is 2.30. The van der Waals surface area contributed by atoms with Gasteiger partial charge in [-0.25, -0.2) is 0 Å². The lowest BCUT2D eigenvalue weighted by atomic mass is 10.00. The fourth-order valence-corrected chi connectivity index (χ4v) is 3.62. The molecule has 0 aliphatic carbocycles. The van der Waals surface area contributed by atoms with E-state index in [2.05, 4.69) is 43.4 Å². The van der Waals surface area contributed by atoms with E-state index in [1.807, 2.05) is 58.0 Å². The minimum atomic E-state index is -0.491. The second-order valence-corrected chi connectivity index (χ2v) is 9.57. The summed E-state index contributed by atoms with van der Waals surface area (Å²) < 4.78 is 0. The number of hydrogen-bond donors (Lipinski definition) is 1. The first-order valence-corrected chi connectivity index (χ1v) is 11.3. The minimum absolute atomic E-state index is 0.00713. The Morgan fingerprint density at radius 3 is 2.06 bits per heavy atom. The molecule has 0 fully saturated rings. The Morgan fingerprint density at radius 1 is 0.935 bits per heavy atom. The van der Waals surface area contributed by atoms with E-state index in [4.69, 9.17) is 0 Å². The number of aryl methyl sites for hydroxylation is 1. The van der Waals surface area contributed by atoms with Crippen molar-refractivity contribution in [2.24, 2.45) is 0 Å². The number of nitrogens with one attached hydrogen (secondary N) is 1. The van der Waals surface area contributed by atoms with Crippen molar-refractivity contribution in [3.63, 3.8) is 0 Å². The van der Waals surface area contributed by atoms with Gasteiger partial charge >= 0.3 is 0 Å². The van der Waals surface area contributed by atoms with Crippen LogP contribution in [-0.4, -0.2) is 28.3 Å². The molecule has 1 atom stereocenters. The summed E-state index contributed by atoms with van der Waals surface area (Å²) >= 11 is 0. The Labute approximate surface area is 188 Å². The SMILES string of the molecule is CC[C@H](C(=O)NC(C)(C)C)N(Cc1ccccc1)C(=O)CCc1ccc(C(C)C)cc1. The summed E-state index contributed by atoms with van der Waals surface area (Å²) in [7, 11) is 0. The zero-order chi connectivity index (χ0) is 23.0. The molecule has 2 aromatic carbocycles. The van der Waals surface area contributed by atoms with Crippen LogP contribution in [0.5, 0.6) is 0 Å². The molecule has 0 heterocycles. The molecule has 0 saturated carbocycles. The van der Waals surface area contributed by atoms with Gasteiger partial charge in [0.25, 0.3) is 0 Å². The van der Waals surface area contributed by atoms with Crippen molar-refractivity contribution in [1.82, 2.24) is 10.2 Å². The van der Waals surface area contributed by atoms with Crippen LogP contribution >= 0.6 is 0 Å². The molecule has 2 aromatic rings. The van der Waals surface area contributed by atoms with Gasteiger partial charge in [-0.3, -0.25) is 9.59 Å². The molecule has 0 aromatic heterocycles. The predicted molar refractivity (Wildman–Crippen MR) is 128 cm³/mol. The van der Waals surface area contributed by atoms with Gasteiger partial charge in [0, 0.05) is 18.5 Å². The maximum absolute atomic E-state index is 13.3. The van der Waals surface area contributed by atoms with Gasteiger partial charge in [-0.05, 0) is 56.2 Å². The number of rotatable bonds is 9. The van der Waals surface area contributed by atoms with Crippen LogP contribution < -0.4 is 5.32 Å². The molecular formula is C27H38N2O2. The van der Waals surface area contributed by atoms with Crippen molar-refractivity contribution in [2.45, 2.75) is 84.8 Å². The van der Waals surface area contributed by atoms with Gasteiger partial charge in [0.1, 0.15) is 6.04 Å². The molecule has 0 aliphatic heterocycles. The third-order valence-corrected chi connectivity index (χ3v) is 5.35. The standard InChI is InChI=1S/C27H38N2O2/c1-7-24(26(31)28-27(4,5)6)29(19-22-11-9-8-10-12-22)25(30)18-15-21-13-16-23(17-14-21)20(2)3/h8-14,16-17,20,24H,7,15,18-19H2,1-6H3,(H,28,31)/t24-/m1/s1. The summed E-state index contributed by atoms with van der Waals surface area (Å²) in [6, 6.07) is 17.9. The molecule has 0 radical (unpaired) electrons. The highest BCUT2D eigenvalue weighted by atomic mass is 16.2. The molecule has 0 spiro atoms. The first kappa shape index (κ1) is 24.6. The summed E-state index contributed by atoms with van der Waals surface area (Å²) in [5.41, 5.74) is 3.12. The minimum Gasteiger partial charge on any atom is -0.350 e. The van der Waals surface area contributed by atoms with Gasteiger partial charge in [-0.15, -0.1) is 0 Å². The van der Waals surface area contributed by atoms with Crippen LogP contribution in [0.15, 0.2) is 54.6 Å². The van der Waals surface area contributed by atoms with Gasteiger partial charge < -0.3 is 10.2 Å². The number of amides is 2. The van der Waals surface area contributed by atoms with Crippen molar-refractivity contribution in [1.29, 1.82) is 0 Å². The third-order valence-electron chi connectivity index (χ3n) is 5.35. The molecule has 4 heteroatoms. The summed E-state index contributed by atoms with van der Waals surface area (Å²) in [5.74, 6) is 0.400. The van der Waals surface area contributed by atoms with Crippen LogP contribution in [0.25, 0.3) is 0 Å². The van der Waals surface area contributed by atoms with Crippen LogP contribution in [0, 0.1) is 0 Å². The Kier molecular flexibility index (Phi) is 8.85. The summed E-state index contributed by atoms with van der Waals surface area (Å²) in [5, 5.41) is 3.05. The quantitative estimate of drug-likeness (QED) is 0.583. The van der Waals surface area contributed by atoms with Gasteiger partial charge in [0.15, 0.2) is 0 Å². The van der Waals surface area contributed by atoms with Gasteiger partial charge in [0.2, 0.25) is 11.8 Å². The molecule has 4 nitrogen and oxygen atoms in total. The summed E-state index contributed by atoms with van der Waals surface area (Å²) in [4.78, 5) is 28.1. The van der Waals surface area contributed by atoms with Gasteiger partial charge in [0.05, 0.1) is 0 Å². The normalized spacial score (nSPS) is 12.5. The lowest BCUT2D eigenvalue weighted by Gasteiger charge is -2.33. The number of hydrogen-bond acceptors (Lipinski definition) is 2. The molecule has 2 rings (SSSR count). The molecule has 0 aliphatic rings. The van der Waals surface area contributed by atoms with Crippen molar-refractivity contribution in [2.75, 3.05) is 0 Å². The van der Waals surface area contributed by atoms with Crippen molar-refractivity contribution in [3.8, 4) is 0 Å². The highest BCUT2D eigenvalue weighted by molar-refractivity contribution is 5.88. The van der Waals surface area contributed by atoms with E-state index in [0.717, 1.165) is 11.1 Å². The van der Waals surface area contributed by atoms with E-state index in [9.17, 15) is 9.59 Å². The van der Waals surface area contributed by atoms with E-state index in [1.165, 1.54) is 5.56 Å². The van der Waals surface area contributed by atoms with Crippen LogP contribution in [0.3, 0.4) is 0 Å². The Hall–Kier alpha value is -2.62. The molecule has 0 unspecified atom stereocenters. The molecule has 0 bridgehead atoms. The van der Waals surface area contributed by atoms with E-state index < -0.39 is 6.04 Å². The Morgan fingerprint density at radius 2 is 1.55 bits per heavy atom. The summed E-state index contributed by atoms with van der Waals surface area (Å²) in [6.45, 7) is 12.6. The van der Waals surface area contributed by atoms with Crippen molar-refractivity contribution in [3.05, 3.63) is 71.3 Å². The van der Waals surface area contributed by atoms with E-state index in [0.29, 0.717) is 31.7 Å². The van der Waals surface area contributed by atoms with Crippen LogP contribution in [0.2, 0.25) is 0 Å². The number of benzene rings is 2. The summed E-state index contributed by atoms with van der Waals surface area (Å²) in [6.07, 6.45) is 1.62. The van der Waals surface area contributed by atoms with Gasteiger partial charge in [-0.1, -0.05) is 75.4 Å². The molecule has 1 N–H and O–H groups in total. The topological polar surface area (TPSA) is 49.4 Å². The average molecular weight is 423 g/mol. The Bertz CT molecular complexity index is 836. The monoisotopic (exact) mass is 422 g/mol. The van der Waals surface area contributed by atoms with E-state index in [-0.39, 0.29) is 17.4 Å². The first-order valence-electron chi connectivity index (χ1n) is 11.3. The average Bonchev–Trinajstić information content (AvgIpc) is 2.71. The smallest absolute Gasteiger partial charge is 0.243 e. The number of carbonyl (C=O) groups excluding carboxylic acids is 2. The molecule has 0 saturated heterocycles. The fraction of sp³-hybridized carbons (Fsp3) is 0.481. The zero-order valence-corrected chi connectivity index (χ0v) is 19.9. The third kappa shape index (κ3) is 7.86. The zero-order valence-electron chi connectivity index (χ0n) is 19.9. The second-order valence-electron chi connectivity index (χ2n) is 9.57. The number of carbonyl (C=O) groups is 2. The number of nitrogens with zero attached hydrogens (tertiary/aromatic N) is 1. The van der Waals surface area contributed by atoms with E-state index in [1.54, 1.807) is 4.90 Å².